The van der Waals surface area contributed by atoms with Crippen LogP contribution in [0, 0.1) is 20.8 Å². The molecule has 4 nitrogen and oxygen atoms in total. The number of carbonyl (C=O) groups excluding carboxylic acids is 1. The Morgan fingerprint density at radius 2 is 1.81 bits per heavy atom. The molecule has 3 aromatic carbocycles. The highest BCUT2D eigenvalue weighted by molar-refractivity contribution is 9.10. The fraction of sp³-hybridized carbons (Fsp3) is 0.160. The summed E-state index contributed by atoms with van der Waals surface area (Å²) < 4.78 is 2.98. The predicted molar refractivity (Wildman–Crippen MR) is 141 cm³/mol. The number of carbonyl (C=O) groups is 1. The van der Waals surface area contributed by atoms with E-state index in [9.17, 15) is 4.79 Å². The smallest absolute Gasteiger partial charge is 0.234 e. The first-order chi connectivity index (χ1) is 15.4. The van der Waals surface area contributed by atoms with Crippen LogP contribution in [-0.4, -0.2) is 22.9 Å². The fourth-order valence-corrected chi connectivity index (χ4v) is 5.58. The van der Waals surface area contributed by atoms with Gasteiger partial charge in [0.05, 0.1) is 21.7 Å². The number of hydrogen-bond donors (Lipinski definition) is 1. The monoisotopic (exact) mass is 523 g/mol. The van der Waals surface area contributed by atoms with E-state index >= 15 is 0 Å². The number of fused-ring (bicyclic) bond motifs is 1. The topological polar surface area (TPSA) is 54.4 Å². The first kappa shape index (κ1) is 22.7. The lowest BCUT2D eigenvalue weighted by Gasteiger charge is -2.12. The Morgan fingerprint density at radius 3 is 2.53 bits per heavy atom. The third-order valence-electron chi connectivity index (χ3n) is 4.85. The molecule has 4 aromatic rings. The number of halogens is 1. The number of rotatable bonds is 6. The maximum atomic E-state index is 12.5. The van der Waals surface area contributed by atoms with Crippen molar-refractivity contribution in [1.29, 1.82) is 0 Å². The van der Waals surface area contributed by atoms with Crippen LogP contribution in [0.15, 0.2) is 68.4 Å². The molecule has 0 radical (unpaired) electrons. The van der Waals surface area contributed by atoms with E-state index in [0.29, 0.717) is 5.75 Å². The minimum absolute atomic E-state index is 0.0240. The second-order valence-electron chi connectivity index (χ2n) is 7.55. The second-order valence-corrected chi connectivity index (χ2v) is 10.7. The second kappa shape index (κ2) is 9.98. The van der Waals surface area contributed by atoms with Crippen LogP contribution in [0.2, 0.25) is 0 Å². The van der Waals surface area contributed by atoms with Gasteiger partial charge in [-0.3, -0.25) is 9.79 Å². The lowest BCUT2D eigenvalue weighted by Crippen LogP contribution is -2.15. The van der Waals surface area contributed by atoms with Gasteiger partial charge < -0.3 is 5.32 Å². The summed E-state index contributed by atoms with van der Waals surface area (Å²) in [6, 6.07) is 18.1. The van der Waals surface area contributed by atoms with Crippen LogP contribution in [-0.2, 0) is 4.79 Å². The van der Waals surface area contributed by atoms with Gasteiger partial charge in [-0.1, -0.05) is 57.5 Å². The van der Waals surface area contributed by atoms with Crippen LogP contribution in [0.4, 0.5) is 11.4 Å². The molecule has 1 aromatic heterocycles. The normalized spacial score (nSPS) is 11.4. The van der Waals surface area contributed by atoms with E-state index in [1.54, 1.807) is 11.3 Å². The zero-order valence-corrected chi connectivity index (χ0v) is 21.2. The van der Waals surface area contributed by atoms with Gasteiger partial charge in [0.2, 0.25) is 5.91 Å². The number of nitrogens with one attached hydrogen (secondary N) is 1. The highest BCUT2D eigenvalue weighted by Gasteiger charge is 2.11. The number of anilines is 1. The number of aliphatic imine (C=N–C) groups is 1. The Bertz CT molecular complexity index is 1290. The van der Waals surface area contributed by atoms with Crippen LogP contribution in [0.25, 0.3) is 10.2 Å². The molecule has 162 valence electrons. The lowest BCUT2D eigenvalue weighted by atomic mass is 10.1. The quantitative estimate of drug-likeness (QED) is 0.210. The number of benzene rings is 3. The standard InChI is InChI=1S/C25H22BrN3OS2/c1-15-10-16(2)24(17(3)11-15)29-23(30)14-31-25-28-21-9-8-20(12-22(21)32-25)27-13-18-4-6-19(26)7-5-18/h4-13H,14H2,1-3H3,(H,29,30). The molecular formula is C25H22BrN3OS2. The lowest BCUT2D eigenvalue weighted by molar-refractivity contribution is -0.113. The van der Waals surface area contributed by atoms with Crippen LogP contribution in [0.1, 0.15) is 22.3 Å². The number of thioether (sulfide) groups is 1. The Labute approximate surface area is 204 Å². The molecule has 7 heteroatoms. The van der Waals surface area contributed by atoms with Gasteiger partial charge in [0.1, 0.15) is 0 Å². The maximum Gasteiger partial charge on any atom is 0.234 e. The van der Waals surface area contributed by atoms with Crippen LogP contribution >= 0.6 is 39.0 Å². The average Bonchev–Trinajstić information content (AvgIpc) is 3.16. The molecule has 1 N–H and O–H groups in total. The summed E-state index contributed by atoms with van der Waals surface area (Å²) in [4.78, 5) is 21.7. The minimum Gasteiger partial charge on any atom is -0.325 e. The molecular weight excluding hydrogens is 502 g/mol. The van der Waals surface area contributed by atoms with E-state index < -0.39 is 0 Å². The van der Waals surface area contributed by atoms with Gasteiger partial charge in [-0.2, -0.15) is 0 Å². The van der Waals surface area contributed by atoms with Gasteiger partial charge in [-0.05, 0) is 67.8 Å². The molecule has 32 heavy (non-hydrogen) atoms. The van der Waals surface area contributed by atoms with E-state index in [-0.39, 0.29) is 5.91 Å². The molecule has 0 saturated carbocycles. The number of thiazole rings is 1. The van der Waals surface area contributed by atoms with E-state index in [1.165, 1.54) is 17.3 Å². The predicted octanol–water partition coefficient (Wildman–Crippen LogP) is 7.47. The summed E-state index contributed by atoms with van der Waals surface area (Å²) in [5, 5.41) is 3.05. The maximum absolute atomic E-state index is 12.5. The van der Waals surface area contributed by atoms with E-state index in [2.05, 4.69) is 50.3 Å². The molecule has 0 spiro atoms. The molecule has 1 heterocycles. The first-order valence-electron chi connectivity index (χ1n) is 10.1. The SMILES string of the molecule is Cc1cc(C)c(NC(=O)CSc2nc3ccc(N=Cc4ccc(Br)cc4)cc3s2)c(C)c1. The number of aryl methyl sites for hydroxylation is 3. The van der Waals surface area contributed by atoms with Crippen molar-refractivity contribution in [2.75, 3.05) is 11.1 Å². The summed E-state index contributed by atoms with van der Waals surface area (Å²) >= 11 is 6.48. The Morgan fingerprint density at radius 1 is 1.09 bits per heavy atom. The van der Waals surface area contributed by atoms with Gasteiger partial charge in [-0.25, -0.2) is 4.98 Å². The summed E-state index contributed by atoms with van der Waals surface area (Å²) in [5.74, 6) is 0.297. The van der Waals surface area contributed by atoms with Gasteiger partial charge in [0, 0.05) is 16.4 Å². The molecule has 4 rings (SSSR count). The van der Waals surface area contributed by atoms with Crippen molar-refractivity contribution in [2.45, 2.75) is 25.1 Å². The first-order valence-corrected chi connectivity index (χ1v) is 12.7. The van der Waals surface area contributed by atoms with Crippen molar-refractivity contribution in [3.63, 3.8) is 0 Å². The summed E-state index contributed by atoms with van der Waals surface area (Å²) in [6.07, 6.45) is 1.85. The van der Waals surface area contributed by atoms with E-state index in [1.807, 2.05) is 62.5 Å². The third-order valence-corrected chi connectivity index (χ3v) is 7.54. The summed E-state index contributed by atoms with van der Waals surface area (Å²) in [6.45, 7) is 6.10. The zero-order chi connectivity index (χ0) is 22.7. The number of nitrogens with zero attached hydrogens (tertiary/aromatic N) is 2. The van der Waals surface area contributed by atoms with Crippen LogP contribution in [0.5, 0.6) is 0 Å². The van der Waals surface area contributed by atoms with Crippen molar-refractivity contribution in [3.05, 3.63) is 81.3 Å². The molecule has 0 bridgehead atoms. The Balaban J connectivity index is 1.41. The van der Waals surface area contributed by atoms with Crippen molar-refractivity contribution in [1.82, 2.24) is 4.98 Å². The van der Waals surface area contributed by atoms with Gasteiger partial charge in [-0.15, -0.1) is 11.3 Å². The molecule has 0 aliphatic rings. The highest BCUT2D eigenvalue weighted by atomic mass is 79.9. The van der Waals surface area contributed by atoms with Gasteiger partial charge in [0.25, 0.3) is 0 Å². The number of hydrogen-bond acceptors (Lipinski definition) is 5. The Hall–Kier alpha value is -2.48. The van der Waals surface area contributed by atoms with Crippen molar-refractivity contribution in [3.8, 4) is 0 Å². The van der Waals surface area contributed by atoms with Crippen molar-refractivity contribution < 1.29 is 4.79 Å². The van der Waals surface area contributed by atoms with Gasteiger partial charge in [0.15, 0.2) is 4.34 Å². The van der Waals surface area contributed by atoms with Crippen LogP contribution in [0.3, 0.4) is 0 Å². The van der Waals surface area contributed by atoms with E-state index in [0.717, 1.165) is 47.1 Å². The highest BCUT2D eigenvalue weighted by Crippen LogP contribution is 2.32. The summed E-state index contributed by atoms with van der Waals surface area (Å²) in [5.41, 5.74) is 7.10. The van der Waals surface area contributed by atoms with Crippen molar-refractivity contribution >= 4 is 72.7 Å². The minimum atomic E-state index is -0.0240. The number of amides is 1. The fourth-order valence-electron chi connectivity index (χ4n) is 3.41. The molecule has 0 saturated heterocycles. The van der Waals surface area contributed by atoms with Crippen LogP contribution < -0.4 is 5.32 Å². The third kappa shape index (κ3) is 5.65. The molecule has 1 amide bonds. The number of aromatic nitrogens is 1. The molecule has 0 fully saturated rings. The molecule has 0 aliphatic heterocycles. The average molecular weight is 525 g/mol. The summed E-state index contributed by atoms with van der Waals surface area (Å²) in [7, 11) is 0. The Kier molecular flexibility index (Phi) is 7.08. The van der Waals surface area contributed by atoms with Crippen molar-refractivity contribution in [2.24, 2.45) is 4.99 Å². The van der Waals surface area contributed by atoms with E-state index in [4.69, 9.17) is 0 Å². The molecule has 0 unspecified atom stereocenters. The largest absolute Gasteiger partial charge is 0.325 e. The zero-order valence-electron chi connectivity index (χ0n) is 18.0. The van der Waals surface area contributed by atoms with Gasteiger partial charge >= 0.3 is 0 Å². The molecule has 0 atom stereocenters. The molecule has 0 aliphatic carbocycles.